The molecule has 3 aromatic carbocycles. The van der Waals surface area contributed by atoms with E-state index in [0.717, 1.165) is 42.4 Å². The molecule has 0 heterocycles. The Bertz CT molecular complexity index is 970. The van der Waals surface area contributed by atoms with Gasteiger partial charge in [0.25, 0.3) is 0 Å². The highest BCUT2D eigenvalue weighted by atomic mass is 19.1. The molecule has 0 aromatic heterocycles. The molecule has 3 heteroatoms. The second-order valence-electron chi connectivity index (χ2n) is 7.33. The fraction of sp³-hybridized carbons (Fsp3) is 0.208. The first kappa shape index (κ1) is 17.5. The van der Waals surface area contributed by atoms with Gasteiger partial charge in [-0.2, -0.15) is 0 Å². The van der Waals surface area contributed by atoms with E-state index in [1.54, 1.807) is 24.3 Å². The van der Waals surface area contributed by atoms with Gasteiger partial charge in [-0.1, -0.05) is 48.5 Å². The number of rotatable bonds is 5. The molecule has 0 bridgehead atoms. The summed E-state index contributed by atoms with van der Waals surface area (Å²) in [6.07, 6.45) is 3.92. The van der Waals surface area contributed by atoms with Gasteiger partial charge in [0, 0.05) is 5.56 Å². The number of benzene rings is 3. The fourth-order valence-corrected chi connectivity index (χ4v) is 4.00. The maximum atomic E-state index is 14.6. The topological polar surface area (TPSA) is 43.1 Å². The van der Waals surface area contributed by atoms with Gasteiger partial charge in [-0.15, -0.1) is 0 Å². The molecule has 136 valence electrons. The van der Waals surface area contributed by atoms with Crippen LogP contribution in [0.2, 0.25) is 0 Å². The minimum atomic E-state index is -0.480. The lowest BCUT2D eigenvalue weighted by molar-refractivity contribution is 0.100. The first-order valence-corrected chi connectivity index (χ1v) is 9.35. The van der Waals surface area contributed by atoms with Gasteiger partial charge in [-0.05, 0) is 77.6 Å². The van der Waals surface area contributed by atoms with Crippen molar-refractivity contribution in [3.63, 3.8) is 0 Å². The lowest BCUT2D eigenvalue weighted by Crippen LogP contribution is -2.10. The molecule has 0 radical (unpaired) electrons. The molecular weight excluding hydrogens is 337 g/mol. The van der Waals surface area contributed by atoms with Crippen molar-refractivity contribution in [1.29, 1.82) is 0 Å². The average Bonchev–Trinajstić information content (AvgIpc) is 3.10. The standard InChI is InChI=1S/C24H22FNO/c25-23-15-21(20-6-3-7-22(14-20)24(26)27)11-10-17(23)9-8-16-12-18-4-1-2-5-19(18)13-16/h1-7,10-11,14-16H,8-9,12-13H2,(H2,26,27). The van der Waals surface area contributed by atoms with Crippen LogP contribution >= 0.6 is 0 Å². The molecule has 4 rings (SSSR count). The maximum absolute atomic E-state index is 14.6. The number of halogens is 1. The predicted octanol–water partition coefficient (Wildman–Crippen LogP) is 4.94. The summed E-state index contributed by atoms with van der Waals surface area (Å²) in [5.74, 6) is -0.0762. The highest BCUT2D eigenvalue weighted by molar-refractivity contribution is 5.94. The zero-order valence-corrected chi connectivity index (χ0v) is 15.1. The second-order valence-corrected chi connectivity index (χ2v) is 7.33. The van der Waals surface area contributed by atoms with Gasteiger partial charge >= 0.3 is 0 Å². The van der Waals surface area contributed by atoms with E-state index in [1.165, 1.54) is 11.1 Å². The molecule has 0 fully saturated rings. The zero-order chi connectivity index (χ0) is 18.8. The van der Waals surface area contributed by atoms with Crippen LogP contribution < -0.4 is 5.73 Å². The quantitative estimate of drug-likeness (QED) is 0.689. The van der Waals surface area contributed by atoms with Crippen LogP contribution in [-0.2, 0) is 19.3 Å². The number of nitrogens with two attached hydrogens (primary N) is 1. The number of hydrogen-bond donors (Lipinski definition) is 1. The SMILES string of the molecule is NC(=O)c1cccc(-c2ccc(CCC3Cc4ccccc4C3)c(F)c2)c1. The number of amides is 1. The molecular formula is C24H22FNO. The van der Waals surface area contributed by atoms with E-state index < -0.39 is 5.91 Å². The Morgan fingerprint density at radius 1 is 0.926 bits per heavy atom. The van der Waals surface area contributed by atoms with Gasteiger partial charge in [-0.25, -0.2) is 4.39 Å². The van der Waals surface area contributed by atoms with E-state index in [9.17, 15) is 9.18 Å². The normalized spacial score (nSPS) is 13.5. The molecule has 0 saturated carbocycles. The minimum absolute atomic E-state index is 0.188. The highest BCUT2D eigenvalue weighted by Crippen LogP contribution is 2.30. The summed E-state index contributed by atoms with van der Waals surface area (Å²) in [5, 5.41) is 0. The Morgan fingerprint density at radius 3 is 2.30 bits per heavy atom. The van der Waals surface area contributed by atoms with Crippen molar-refractivity contribution < 1.29 is 9.18 Å². The van der Waals surface area contributed by atoms with E-state index in [4.69, 9.17) is 5.73 Å². The van der Waals surface area contributed by atoms with Crippen LogP contribution in [0.4, 0.5) is 4.39 Å². The third-order valence-electron chi connectivity index (χ3n) is 5.49. The van der Waals surface area contributed by atoms with E-state index >= 15 is 0 Å². The molecule has 1 aliphatic carbocycles. The number of primary amides is 1. The predicted molar refractivity (Wildman–Crippen MR) is 106 cm³/mol. The lowest BCUT2D eigenvalue weighted by Gasteiger charge is -2.11. The molecule has 0 aliphatic heterocycles. The number of aryl methyl sites for hydroxylation is 1. The minimum Gasteiger partial charge on any atom is -0.366 e. The smallest absolute Gasteiger partial charge is 0.248 e. The van der Waals surface area contributed by atoms with Crippen molar-refractivity contribution in [2.24, 2.45) is 11.7 Å². The Kier molecular flexibility index (Phi) is 4.76. The van der Waals surface area contributed by atoms with Crippen molar-refractivity contribution in [2.45, 2.75) is 25.7 Å². The van der Waals surface area contributed by atoms with E-state index in [1.807, 2.05) is 18.2 Å². The maximum Gasteiger partial charge on any atom is 0.248 e. The molecule has 2 N–H and O–H groups in total. The van der Waals surface area contributed by atoms with Gasteiger partial charge in [0.05, 0.1) is 0 Å². The first-order valence-electron chi connectivity index (χ1n) is 9.35. The first-order chi connectivity index (χ1) is 13.1. The molecule has 1 amide bonds. The van der Waals surface area contributed by atoms with Crippen LogP contribution in [-0.4, -0.2) is 5.91 Å². The Labute approximate surface area is 158 Å². The van der Waals surface area contributed by atoms with Gasteiger partial charge in [0.2, 0.25) is 5.91 Å². The van der Waals surface area contributed by atoms with Gasteiger partial charge in [0.15, 0.2) is 0 Å². The number of fused-ring (bicyclic) bond motifs is 1. The van der Waals surface area contributed by atoms with E-state index in [2.05, 4.69) is 24.3 Å². The van der Waals surface area contributed by atoms with E-state index in [0.29, 0.717) is 11.5 Å². The Hall–Kier alpha value is -2.94. The monoisotopic (exact) mass is 359 g/mol. The van der Waals surface area contributed by atoms with Crippen molar-refractivity contribution in [3.8, 4) is 11.1 Å². The van der Waals surface area contributed by atoms with Crippen LogP contribution in [0.1, 0.15) is 33.5 Å². The van der Waals surface area contributed by atoms with Crippen molar-refractivity contribution >= 4 is 5.91 Å². The zero-order valence-electron chi connectivity index (χ0n) is 15.1. The fourth-order valence-electron chi connectivity index (χ4n) is 4.00. The summed E-state index contributed by atoms with van der Waals surface area (Å²) in [5.41, 5.74) is 10.9. The van der Waals surface area contributed by atoms with Crippen LogP contribution in [0, 0.1) is 11.7 Å². The number of hydrogen-bond acceptors (Lipinski definition) is 1. The van der Waals surface area contributed by atoms with Crippen molar-refractivity contribution in [1.82, 2.24) is 0 Å². The van der Waals surface area contributed by atoms with Crippen molar-refractivity contribution in [3.05, 3.63) is 94.8 Å². The molecule has 0 unspecified atom stereocenters. The van der Waals surface area contributed by atoms with Gasteiger partial charge < -0.3 is 5.73 Å². The van der Waals surface area contributed by atoms with Crippen LogP contribution in [0.5, 0.6) is 0 Å². The molecule has 2 nitrogen and oxygen atoms in total. The van der Waals surface area contributed by atoms with Crippen molar-refractivity contribution in [2.75, 3.05) is 0 Å². The summed E-state index contributed by atoms with van der Waals surface area (Å²) >= 11 is 0. The summed E-state index contributed by atoms with van der Waals surface area (Å²) < 4.78 is 14.6. The van der Waals surface area contributed by atoms with Crippen LogP contribution in [0.15, 0.2) is 66.7 Å². The Balaban J connectivity index is 1.45. The lowest BCUT2D eigenvalue weighted by atomic mass is 9.95. The molecule has 3 aromatic rings. The Morgan fingerprint density at radius 2 is 1.63 bits per heavy atom. The summed E-state index contributed by atoms with van der Waals surface area (Å²) in [6, 6.07) is 20.9. The van der Waals surface area contributed by atoms with Gasteiger partial charge in [-0.3, -0.25) is 4.79 Å². The molecule has 1 aliphatic rings. The van der Waals surface area contributed by atoms with Crippen LogP contribution in [0.3, 0.4) is 0 Å². The summed E-state index contributed by atoms with van der Waals surface area (Å²) in [7, 11) is 0. The average molecular weight is 359 g/mol. The highest BCUT2D eigenvalue weighted by Gasteiger charge is 2.21. The van der Waals surface area contributed by atoms with E-state index in [-0.39, 0.29) is 5.82 Å². The number of carbonyl (C=O) groups is 1. The molecule has 0 saturated heterocycles. The van der Waals surface area contributed by atoms with Gasteiger partial charge in [0.1, 0.15) is 5.82 Å². The van der Waals surface area contributed by atoms with Crippen LogP contribution in [0.25, 0.3) is 11.1 Å². The third kappa shape index (κ3) is 3.77. The summed E-state index contributed by atoms with van der Waals surface area (Å²) in [6.45, 7) is 0. The summed E-state index contributed by atoms with van der Waals surface area (Å²) in [4.78, 5) is 11.3. The third-order valence-corrected chi connectivity index (χ3v) is 5.49. The molecule has 27 heavy (non-hydrogen) atoms. The molecule has 0 spiro atoms. The largest absolute Gasteiger partial charge is 0.366 e. The molecule has 0 atom stereocenters. The second kappa shape index (κ2) is 7.36. The number of carbonyl (C=O) groups excluding carboxylic acids is 1.